The molecule has 4 heteroatoms. The van der Waals surface area contributed by atoms with Crippen LogP contribution in [-0.2, 0) is 11.3 Å². The lowest BCUT2D eigenvalue weighted by Crippen LogP contribution is -2.32. The van der Waals surface area contributed by atoms with E-state index in [1.165, 1.54) is 12.1 Å². The van der Waals surface area contributed by atoms with Crippen molar-refractivity contribution in [2.45, 2.75) is 20.4 Å². The molecule has 0 fully saturated rings. The largest absolute Gasteiger partial charge is 0.307 e. The van der Waals surface area contributed by atoms with E-state index in [-0.39, 0.29) is 17.6 Å². The topological polar surface area (TPSA) is 20.3 Å². The quantitative estimate of drug-likeness (QED) is 0.775. The highest BCUT2D eigenvalue weighted by Gasteiger charge is 2.17. The van der Waals surface area contributed by atoms with Crippen molar-refractivity contribution in [2.24, 2.45) is 0 Å². The van der Waals surface area contributed by atoms with E-state index in [4.69, 9.17) is 11.6 Å². The Morgan fingerprint density at radius 2 is 1.81 bits per heavy atom. The number of nitrogens with zero attached hydrogens (tertiary/aromatic N) is 1. The Kier molecular flexibility index (Phi) is 4.97. The Hall–Kier alpha value is -1.87. The van der Waals surface area contributed by atoms with E-state index in [0.717, 1.165) is 22.4 Å². The average Bonchev–Trinajstić information content (AvgIpc) is 2.47. The fraction of sp³-hybridized carbons (Fsp3) is 0.235. The van der Waals surface area contributed by atoms with Crippen LogP contribution in [-0.4, -0.2) is 11.8 Å². The van der Waals surface area contributed by atoms with Gasteiger partial charge in [0.25, 0.3) is 0 Å². The highest BCUT2D eigenvalue weighted by atomic mass is 35.5. The Balaban J connectivity index is 2.34. The molecule has 110 valence electrons. The van der Waals surface area contributed by atoms with Crippen LogP contribution in [0, 0.1) is 19.7 Å². The van der Waals surface area contributed by atoms with Gasteiger partial charge in [0.2, 0.25) is 5.91 Å². The number of carbonyl (C=O) groups is 1. The summed E-state index contributed by atoms with van der Waals surface area (Å²) < 4.78 is 13.0. The van der Waals surface area contributed by atoms with Crippen LogP contribution in [0.2, 0.25) is 0 Å². The van der Waals surface area contributed by atoms with E-state index in [1.807, 2.05) is 32.0 Å². The number of halogens is 2. The monoisotopic (exact) mass is 305 g/mol. The minimum atomic E-state index is -0.291. The van der Waals surface area contributed by atoms with E-state index in [9.17, 15) is 9.18 Å². The normalized spacial score (nSPS) is 10.5. The predicted molar refractivity (Wildman–Crippen MR) is 84.2 cm³/mol. The van der Waals surface area contributed by atoms with Gasteiger partial charge in [-0.1, -0.05) is 29.8 Å². The molecule has 0 saturated carbocycles. The van der Waals surface area contributed by atoms with Crippen molar-refractivity contribution in [3.63, 3.8) is 0 Å². The van der Waals surface area contributed by atoms with E-state index >= 15 is 0 Å². The maximum atomic E-state index is 13.0. The molecule has 0 aromatic heterocycles. The molecular weight excluding hydrogens is 289 g/mol. The number of alkyl halides is 1. The summed E-state index contributed by atoms with van der Waals surface area (Å²) in [7, 11) is 0. The molecular formula is C17H17ClFNO. The van der Waals surface area contributed by atoms with Crippen LogP contribution in [0.5, 0.6) is 0 Å². The van der Waals surface area contributed by atoms with Gasteiger partial charge in [-0.2, -0.15) is 0 Å². The number of hydrogen-bond acceptors (Lipinski definition) is 1. The van der Waals surface area contributed by atoms with Crippen LogP contribution in [0.3, 0.4) is 0 Å². The fourth-order valence-electron chi connectivity index (χ4n) is 2.26. The third kappa shape index (κ3) is 3.82. The zero-order valence-electron chi connectivity index (χ0n) is 12.1. The summed E-state index contributed by atoms with van der Waals surface area (Å²) >= 11 is 5.72. The molecule has 0 heterocycles. The second-order valence-corrected chi connectivity index (χ2v) is 5.30. The van der Waals surface area contributed by atoms with E-state index < -0.39 is 0 Å². The van der Waals surface area contributed by atoms with Gasteiger partial charge in [-0.15, -0.1) is 11.6 Å². The zero-order chi connectivity index (χ0) is 15.4. The summed E-state index contributed by atoms with van der Waals surface area (Å²) in [6, 6.07) is 12.0. The Labute approximate surface area is 129 Å². The molecule has 21 heavy (non-hydrogen) atoms. The van der Waals surface area contributed by atoms with Gasteiger partial charge in [-0.3, -0.25) is 4.79 Å². The molecule has 2 nitrogen and oxygen atoms in total. The number of amides is 1. The molecule has 2 aromatic carbocycles. The summed E-state index contributed by atoms with van der Waals surface area (Å²) in [6.45, 7) is 4.34. The van der Waals surface area contributed by atoms with Crippen LogP contribution in [0.4, 0.5) is 10.1 Å². The van der Waals surface area contributed by atoms with E-state index in [1.54, 1.807) is 17.0 Å². The van der Waals surface area contributed by atoms with Gasteiger partial charge in [-0.25, -0.2) is 4.39 Å². The number of aryl methyl sites for hydroxylation is 2. The minimum Gasteiger partial charge on any atom is -0.307 e. The molecule has 0 bridgehead atoms. The van der Waals surface area contributed by atoms with Crippen molar-refractivity contribution in [1.82, 2.24) is 0 Å². The number of anilines is 1. The first kappa shape index (κ1) is 15.5. The molecule has 2 rings (SSSR count). The summed E-state index contributed by atoms with van der Waals surface area (Å²) in [5.41, 5.74) is 3.83. The maximum Gasteiger partial charge on any atom is 0.242 e. The molecule has 0 saturated heterocycles. The molecule has 0 unspecified atom stereocenters. The SMILES string of the molecule is Cc1ccc(N(Cc2ccc(F)cc2)C(=O)CCl)c(C)c1. The second-order valence-electron chi connectivity index (χ2n) is 5.03. The fourth-order valence-corrected chi connectivity index (χ4v) is 2.40. The van der Waals surface area contributed by atoms with Crippen LogP contribution in [0.15, 0.2) is 42.5 Å². The van der Waals surface area contributed by atoms with Gasteiger partial charge in [0.05, 0.1) is 6.54 Å². The predicted octanol–water partition coefficient (Wildman–Crippen LogP) is 4.21. The van der Waals surface area contributed by atoms with Gasteiger partial charge in [0.1, 0.15) is 11.7 Å². The number of benzene rings is 2. The lowest BCUT2D eigenvalue weighted by molar-refractivity contribution is -0.116. The highest BCUT2D eigenvalue weighted by Crippen LogP contribution is 2.23. The highest BCUT2D eigenvalue weighted by molar-refractivity contribution is 6.29. The van der Waals surface area contributed by atoms with Crippen molar-refractivity contribution >= 4 is 23.2 Å². The molecule has 1 amide bonds. The van der Waals surface area contributed by atoms with Crippen molar-refractivity contribution in [3.05, 3.63) is 65.0 Å². The molecule has 0 aliphatic carbocycles. The van der Waals surface area contributed by atoms with Crippen LogP contribution in [0.25, 0.3) is 0 Å². The smallest absolute Gasteiger partial charge is 0.242 e. The Morgan fingerprint density at radius 1 is 1.14 bits per heavy atom. The number of carbonyl (C=O) groups excluding carboxylic acids is 1. The Bertz CT molecular complexity index is 640. The summed E-state index contributed by atoms with van der Waals surface area (Å²) in [5, 5.41) is 0. The first-order valence-corrected chi connectivity index (χ1v) is 7.22. The van der Waals surface area contributed by atoms with Crippen molar-refractivity contribution in [2.75, 3.05) is 10.8 Å². The number of hydrogen-bond donors (Lipinski definition) is 0. The average molecular weight is 306 g/mol. The number of rotatable bonds is 4. The maximum absolute atomic E-state index is 13.0. The van der Waals surface area contributed by atoms with Crippen LogP contribution >= 0.6 is 11.6 Å². The van der Waals surface area contributed by atoms with E-state index in [2.05, 4.69) is 0 Å². The zero-order valence-corrected chi connectivity index (χ0v) is 12.8. The van der Waals surface area contributed by atoms with Gasteiger partial charge in [0, 0.05) is 5.69 Å². The molecule has 0 N–H and O–H groups in total. The first-order valence-electron chi connectivity index (χ1n) is 6.69. The third-order valence-corrected chi connectivity index (χ3v) is 3.54. The molecule has 0 radical (unpaired) electrons. The van der Waals surface area contributed by atoms with Crippen LogP contribution < -0.4 is 4.90 Å². The first-order chi connectivity index (χ1) is 10.0. The molecule has 2 aromatic rings. The summed E-state index contributed by atoms with van der Waals surface area (Å²) in [6.07, 6.45) is 0. The molecule has 0 aliphatic heterocycles. The minimum absolute atomic E-state index is 0.0888. The summed E-state index contributed by atoms with van der Waals surface area (Å²) in [5.74, 6) is -0.553. The second kappa shape index (κ2) is 6.72. The molecule has 0 aliphatic rings. The van der Waals surface area contributed by atoms with Crippen LogP contribution in [0.1, 0.15) is 16.7 Å². The van der Waals surface area contributed by atoms with Gasteiger partial charge in [-0.05, 0) is 43.2 Å². The lowest BCUT2D eigenvalue weighted by Gasteiger charge is -2.24. The van der Waals surface area contributed by atoms with Crippen molar-refractivity contribution in [1.29, 1.82) is 0 Å². The third-order valence-electron chi connectivity index (χ3n) is 3.31. The molecule has 0 spiro atoms. The molecule has 0 atom stereocenters. The van der Waals surface area contributed by atoms with E-state index in [0.29, 0.717) is 6.54 Å². The summed E-state index contributed by atoms with van der Waals surface area (Å²) in [4.78, 5) is 13.8. The van der Waals surface area contributed by atoms with Crippen molar-refractivity contribution < 1.29 is 9.18 Å². The Morgan fingerprint density at radius 3 is 2.38 bits per heavy atom. The van der Waals surface area contributed by atoms with Gasteiger partial charge >= 0.3 is 0 Å². The van der Waals surface area contributed by atoms with Gasteiger partial charge < -0.3 is 4.90 Å². The van der Waals surface area contributed by atoms with Gasteiger partial charge in [0.15, 0.2) is 0 Å². The standard InChI is InChI=1S/C17H17ClFNO/c1-12-3-8-16(13(2)9-12)20(17(21)10-18)11-14-4-6-15(19)7-5-14/h3-9H,10-11H2,1-2H3. The lowest BCUT2D eigenvalue weighted by atomic mass is 10.1. The van der Waals surface area contributed by atoms with Crippen molar-refractivity contribution in [3.8, 4) is 0 Å².